The molecule has 142 valence electrons. The van der Waals surface area contributed by atoms with Gasteiger partial charge < -0.3 is 5.32 Å². The Balaban J connectivity index is 1.62. The van der Waals surface area contributed by atoms with Crippen LogP contribution in [0.15, 0.2) is 30.9 Å². The van der Waals surface area contributed by atoms with Gasteiger partial charge in [0.1, 0.15) is 5.82 Å². The molecule has 0 saturated heterocycles. The summed E-state index contributed by atoms with van der Waals surface area (Å²) in [5.41, 5.74) is 0.623. The number of amides is 1. The maximum Gasteiger partial charge on any atom is 0.226 e. The number of aryl methyl sites for hydroxylation is 2. The molecule has 1 aromatic carbocycles. The monoisotopic (exact) mass is 381 g/mol. The Hall–Kier alpha value is -3.17. The molecule has 6 nitrogen and oxygen atoms in total. The second-order valence-electron chi connectivity index (χ2n) is 5.95. The average Bonchev–Trinajstić information content (AvgIpc) is 3.24. The Morgan fingerprint density at radius 2 is 1.78 bits per heavy atom. The molecule has 1 amide bonds. The molecule has 10 heteroatoms. The number of rotatable bonds is 6. The normalized spacial score (nSPS) is 11.0. The van der Waals surface area contributed by atoms with Gasteiger partial charge in [0.2, 0.25) is 5.91 Å². The van der Waals surface area contributed by atoms with Gasteiger partial charge in [0.05, 0.1) is 24.6 Å². The molecular weight excluding hydrogens is 366 g/mol. The van der Waals surface area contributed by atoms with E-state index in [1.807, 2.05) is 6.92 Å². The molecule has 0 unspecified atom stereocenters. The predicted molar refractivity (Wildman–Crippen MR) is 87.8 cm³/mol. The van der Waals surface area contributed by atoms with Gasteiger partial charge >= 0.3 is 0 Å². The molecule has 2 aromatic heterocycles. The Bertz CT molecular complexity index is 982. The first kappa shape index (κ1) is 18.6. The van der Waals surface area contributed by atoms with E-state index in [0.29, 0.717) is 12.2 Å². The average molecular weight is 381 g/mol. The summed E-state index contributed by atoms with van der Waals surface area (Å²) in [6.45, 7) is 1.81. The second kappa shape index (κ2) is 7.60. The highest BCUT2D eigenvalue weighted by molar-refractivity contribution is 5.90. The van der Waals surface area contributed by atoms with E-state index in [0.717, 1.165) is 10.2 Å². The van der Waals surface area contributed by atoms with Crippen molar-refractivity contribution in [2.45, 2.75) is 26.4 Å². The number of hydrogen-bond donors (Lipinski definition) is 1. The molecule has 0 atom stereocenters. The third kappa shape index (κ3) is 4.33. The van der Waals surface area contributed by atoms with Gasteiger partial charge in [-0.15, -0.1) is 0 Å². The summed E-state index contributed by atoms with van der Waals surface area (Å²) in [5, 5.41) is 10.5. The van der Waals surface area contributed by atoms with E-state index in [-0.39, 0.29) is 18.4 Å². The number of carbonyl (C=O) groups is 1. The first-order valence-corrected chi connectivity index (χ1v) is 7.96. The van der Waals surface area contributed by atoms with Gasteiger partial charge in [0.25, 0.3) is 0 Å². The summed E-state index contributed by atoms with van der Waals surface area (Å²) in [5.74, 6) is -6.48. The lowest BCUT2D eigenvalue weighted by Gasteiger charge is -2.07. The highest BCUT2D eigenvalue weighted by Gasteiger charge is 2.19. The van der Waals surface area contributed by atoms with E-state index >= 15 is 0 Å². The van der Waals surface area contributed by atoms with Crippen LogP contribution in [0.2, 0.25) is 0 Å². The lowest BCUT2D eigenvalue weighted by molar-refractivity contribution is -0.116. The molecule has 0 saturated carbocycles. The molecule has 0 radical (unpaired) electrons. The molecule has 3 aromatic rings. The zero-order valence-corrected chi connectivity index (χ0v) is 14.2. The van der Waals surface area contributed by atoms with E-state index in [1.165, 1.54) is 12.4 Å². The van der Waals surface area contributed by atoms with Crippen LogP contribution in [0.3, 0.4) is 0 Å². The fourth-order valence-electron chi connectivity index (χ4n) is 2.45. The molecule has 0 fully saturated rings. The predicted octanol–water partition coefficient (Wildman–Crippen LogP) is 3.02. The number of benzene rings is 1. The minimum atomic E-state index is -1.75. The van der Waals surface area contributed by atoms with E-state index in [4.69, 9.17) is 0 Å². The summed E-state index contributed by atoms with van der Waals surface area (Å²) in [6.07, 6.45) is 6.26. The van der Waals surface area contributed by atoms with Gasteiger partial charge in [0.15, 0.2) is 17.5 Å². The van der Waals surface area contributed by atoms with Crippen molar-refractivity contribution in [3.05, 3.63) is 65.2 Å². The van der Waals surface area contributed by atoms with Crippen LogP contribution < -0.4 is 5.32 Å². The van der Waals surface area contributed by atoms with E-state index in [2.05, 4.69) is 15.5 Å². The van der Waals surface area contributed by atoms with Crippen molar-refractivity contribution in [2.75, 3.05) is 5.32 Å². The number of carbonyl (C=O) groups excluding carboxylic acids is 1. The minimum Gasteiger partial charge on any atom is -0.323 e. The van der Waals surface area contributed by atoms with Crippen molar-refractivity contribution in [3.8, 4) is 0 Å². The standard InChI is InChI=1S/C17H15F4N5O/c1-10-5-22-25(7-10)3-2-15(27)24-11-6-23-26(8-11)9-12-13(18)4-14(19)17(21)16(12)20/h4-8H,2-3,9H2,1H3,(H,24,27). The van der Waals surface area contributed by atoms with Gasteiger partial charge in [-0.1, -0.05) is 0 Å². The van der Waals surface area contributed by atoms with Crippen LogP contribution in [0, 0.1) is 30.2 Å². The van der Waals surface area contributed by atoms with Crippen LogP contribution in [0.5, 0.6) is 0 Å². The number of hydrogen-bond acceptors (Lipinski definition) is 3. The Kier molecular flexibility index (Phi) is 5.24. The van der Waals surface area contributed by atoms with Crippen LogP contribution in [-0.2, 0) is 17.9 Å². The Morgan fingerprint density at radius 1 is 1.04 bits per heavy atom. The third-order valence-corrected chi connectivity index (χ3v) is 3.78. The van der Waals surface area contributed by atoms with E-state index < -0.39 is 35.4 Å². The highest BCUT2D eigenvalue weighted by Crippen LogP contribution is 2.20. The van der Waals surface area contributed by atoms with Crippen molar-refractivity contribution in [2.24, 2.45) is 0 Å². The fourth-order valence-corrected chi connectivity index (χ4v) is 2.45. The summed E-state index contributed by atoms with van der Waals surface area (Å²) in [7, 11) is 0. The molecule has 0 aliphatic carbocycles. The Morgan fingerprint density at radius 3 is 2.48 bits per heavy atom. The van der Waals surface area contributed by atoms with Crippen LogP contribution in [0.1, 0.15) is 17.5 Å². The molecule has 3 rings (SSSR count). The molecule has 0 aliphatic heterocycles. The smallest absolute Gasteiger partial charge is 0.226 e. The number of halogens is 4. The summed E-state index contributed by atoms with van der Waals surface area (Å²) >= 11 is 0. The lowest BCUT2D eigenvalue weighted by Crippen LogP contribution is -2.14. The minimum absolute atomic E-state index is 0.165. The molecule has 27 heavy (non-hydrogen) atoms. The van der Waals surface area contributed by atoms with Gasteiger partial charge in [0, 0.05) is 37.0 Å². The maximum atomic E-state index is 13.7. The van der Waals surface area contributed by atoms with Crippen LogP contribution in [0.4, 0.5) is 23.2 Å². The van der Waals surface area contributed by atoms with Crippen molar-refractivity contribution in [1.29, 1.82) is 0 Å². The first-order valence-electron chi connectivity index (χ1n) is 7.96. The third-order valence-electron chi connectivity index (χ3n) is 3.78. The van der Waals surface area contributed by atoms with Crippen molar-refractivity contribution in [1.82, 2.24) is 19.6 Å². The van der Waals surface area contributed by atoms with Gasteiger partial charge in [-0.05, 0) is 12.5 Å². The molecule has 0 bridgehead atoms. The Labute approximate surface area is 151 Å². The maximum absolute atomic E-state index is 13.7. The van der Waals surface area contributed by atoms with Crippen LogP contribution in [0.25, 0.3) is 0 Å². The molecule has 2 heterocycles. The van der Waals surface area contributed by atoms with Crippen molar-refractivity contribution >= 4 is 11.6 Å². The van der Waals surface area contributed by atoms with Crippen molar-refractivity contribution < 1.29 is 22.4 Å². The topological polar surface area (TPSA) is 64.7 Å². The van der Waals surface area contributed by atoms with Crippen LogP contribution >= 0.6 is 0 Å². The second-order valence-corrected chi connectivity index (χ2v) is 5.95. The quantitative estimate of drug-likeness (QED) is 0.406. The zero-order valence-electron chi connectivity index (χ0n) is 14.2. The summed E-state index contributed by atoms with van der Waals surface area (Å²) < 4.78 is 56.4. The SMILES string of the molecule is Cc1cnn(CCC(=O)Nc2cnn(Cc3c(F)cc(F)c(F)c3F)c2)c1. The van der Waals surface area contributed by atoms with Crippen LogP contribution in [-0.4, -0.2) is 25.5 Å². The van der Waals surface area contributed by atoms with Gasteiger partial charge in [-0.25, -0.2) is 17.6 Å². The first-order chi connectivity index (χ1) is 12.8. The fraction of sp³-hybridized carbons (Fsp3) is 0.235. The van der Waals surface area contributed by atoms with Gasteiger partial charge in [-0.2, -0.15) is 10.2 Å². The van der Waals surface area contributed by atoms with Gasteiger partial charge in [-0.3, -0.25) is 14.2 Å². The number of anilines is 1. The van der Waals surface area contributed by atoms with E-state index in [9.17, 15) is 22.4 Å². The highest BCUT2D eigenvalue weighted by atomic mass is 19.2. The summed E-state index contributed by atoms with van der Waals surface area (Å²) in [6, 6.07) is 0.275. The number of aromatic nitrogens is 4. The van der Waals surface area contributed by atoms with Crippen molar-refractivity contribution in [3.63, 3.8) is 0 Å². The largest absolute Gasteiger partial charge is 0.323 e. The molecular formula is C17H15F4N5O. The summed E-state index contributed by atoms with van der Waals surface area (Å²) in [4.78, 5) is 12.0. The van der Waals surface area contributed by atoms with E-state index in [1.54, 1.807) is 17.1 Å². The number of nitrogens with zero attached hydrogens (tertiary/aromatic N) is 4. The molecule has 0 aliphatic rings. The lowest BCUT2D eigenvalue weighted by atomic mass is 10.2. The molecule has 1 N–H and O–H groups in total. The molecule has 0 spiro atoms. The zero-order chi connectivity index (χ0) is 19.6. The number of nitrogens with one attached hydrogen (secondary N) is 1.